The van der Waals surface area contributed by atoms with Crippen LogP contribution >= 0.6 is 0 Å². The van der Waals surface area contributed by atoms with Crippen molar-refractivity contribution in [3.8, 4) is 0 Å². The van der Waals surface area contributed by atoms with Crippen LogP contribution in [0.1, 0.15) is 43.7 Å². The van der Waals surface area contributed by atoms with Crippen molar-refractivity contribution in [3.63, 3.8) is 0 Å². The maximum atomic E-state index is 11.0. The highest BCUT2D eigenvalue weighted by Crippen LogP contribution is 2.44. The van der Waals surface area contributed by atoms with Crippen LogP contribution in [0.3, 0.4) is 0 Å². The summed E-state index contributed by atoms with van der Waals surface area (Å²) in [5.74, 6) is 0. The first-order chi connectivity index (χ1) is 8.62. The molecule has 18 heavy (non-hydrogen) atoms. The molecule has 0 saturated carbocycles. The number of hydrogen-bond donors (Lipinski definition) is 1. The molecule has 2 bridgehead atoms. The van der Waals surface area contributed by atoms with Crippen LogP contribution in [0.25, 0.3) is 0 Å². The maximum Gasteiger partial charge on any atom is 0.0926 e. The van der Waals surface area contributed by atoms with Crippen LogP contribution in [0.4, 0.5) is 0 Å². The summed E-state index contributed by atoms with van der Waals surface area (Å²) in [6.45, 7) is 2.17. The van der Waals surface area contributed by atoms with Gasteiger partial charge in [0.1, 0.15) is 0 Å². The summed E-state index contributed by atoms with van der Waals surface area (Å²) >= 11 is 0. The molecule has 1 aromatic rings. The Morgan fingerprint density at radius 2 is 1.94 bits per heavy atom. The molecule has 2 heterocycles. The molecule has 0 radical (unpaired) electrons. The topological polar surface area (TPSA) is 23.5 Å². The van der Waals surface area contributed by atoms with Gasteiger partial charge >= 0.3 is 0 Å². The number of piperidine rings is 1. The van der Waals surface area contributed by atoms with Gasteiger partial charge in [0.25, 0.3) is 0 Å². The molecule has 2 fully saturated rings. The normalized spacial score (nSPS) is 35.9. The molecule has 0 amide bonds. The van der Waals surface area contributed by atoms with E-state index in [2.05, 4.69) is 43.1 Å². The van der Waals surface area contributed by atoms with E-state index in [0.29, 0.717) is 12.1 Å². The maximum absolute atomic E-state index is 11.0. The number of rotatable bonds is 2. The third kappa shape index (κ3) is 1.88. The minimum Gasteiger partial charge on any atom is -0.385 e. The van der Waals surface area contributed by atoms with E-state index >= 15 is 0 Å². The number of nitrogens with zero attached hydrogens (tertiary/aromatic N) is 1. The van der Waals surface area contributed by atoms with Crippen molar-refractivity contribution in [2.24, 2.45) is 0 Å². The predicted octanol–water partition coefficient (Wildman–Crippen LogP) is 2.69. The Hall–Kier alpha value is -0.860. The van der Waals surface area contributed by atoms with Crippen LogP contribution < -0.4 is 0 Å². The van der Waals surface area contributed by atoms with Crippen molar-refractivity contribution < 1.29 is 5.11 Å². The monoisotopic (exact) mass is 245 g/mol. The average Bonchev–Trinajstić information content (AvgIpc) is 2.63. The third-order valence-corrected chi connectivity index (χ3v) is 5.00. The van der Waals surface area contributed by atoms with E-state index in [4.69, 9.17) is 0 Å². The Kier molecular flexibility index (Phi) is 2.95. The summed E-state index contributed by atoms with van der Waals surface area (Å²) in [6.07, 6.45) is 5.32. The van der Waals surface area contributed by atoms with E-state index in [1.807, 2.05) is 0 Å². The molecular weight excluding hydrogens is 222 g/mol. The molecular formula is C16H23NO. The Morgan fingerprint density at radius 3 is 2.56 bits per heavy atom. The van der Waals surface area contributed by atoms with E-state index in [-0.39, 0.29) is 0 Å². The molecule has 2 saturated heterocycles. The lowest BCUT2D eigenvalue weighted by atomic mass is 9.80. The molecule has 3 rings (SSSR count). The minimum absolute atomic E-state index is 0.569. The largest absolute Gasteiger partial charge is 0.385 e. The van der Waals surface area contributed by atoms with Gasteiger partial charge in [-0.25, -0.2) is 0 Å². The zero-order chi connectivity index (χ0) is 12.8. The van der Waals surface area contributed by atoms with Gasteiger partial charge in [0, 0.05) is 12.1 Å². The van der Waals surface area contributed by atoms with Crippen molar-refractivity contribution >= 4 is 0 Å². The zero-order valence-corrected chi connectivity index (χ0v) is 11.4. The lowest BCUT2D eigenvalue weighted by molar-refractivity contribution is -0.0493. The predicted molar refractivity (Wildman–Crippen MR) is 73.5 cm³/mol. The molecule has 0 spiro atoms. The van der Waals surface area contributed by atoms with Gasteiger partial charge in [-0.3, -0.25) is 0 Å². The third-order valence-electron chi connectivity index (χ3n) is 5.00. The van der Waals surface area contributed by atoms with E-state index in [0.717, 1.165) is 24.8 Å². The van der Waals surface area contributed by atoms with Crippen molar-refractivity contribution in [2.75, 3.05) is 7.05 Å². The molecule has 0 aromatic heterocycles. The molecule has 98 valence electrons. The number of aryl methyl sites for hydroxylation is 1. The Bertz CT molecular complexity index is 428. The van der Waals surface area contributed by atoms with Gasteiger partial charge in [-0.05, 0) is 50.3 Å². The van der Waals surface area contributed by atoms with Crippen LogP contribution in [-0.2, 0) is 12.0 Å². The van der Waals surface area contributed by atoms with Gasteiger partial charge < -0.3 is 10.0 Å². The van der Waals surface area contributed by atoms with Crippen LogP contribution in [0, 0.1) is 0 Å². The second-order valence-corrected chi connectivity index (χ2v) is 6.04. The molecule has 1 N–H and O–H groups in total. The first kappa shape index (κ1) is 12.2. The lowest BCUT2D eigenvalue weighted by Crippen LogP contribution is -2.47. The number of aliphatic hydroxyl groups is 1. The Balaban J connectivity index is 1.91. The molecule has 2 aliphatic rings. The standard InChI is InChI=1S/C16H23NO/c1-3-12-5-4-6-13(9-12)16(18)10-14-7-8-15(11-16)17(14)2/h4-6,9,14-15,18H,3,7-8,10-11H2,1-2H3. The molecule has 2 nitrogen and oxygen atoms in total. The van der Waals surface area contributed by atoms with Gasteiger partial charge in [0.2, 0.25) is 0 Å². The highest BCUT2D eigenvalue weighted by atomic mass is 16.3. The molecule has 0 aliphatic carbocycles. The van der Waals surface area contributed by atoms with Crippen molar-refractivity contribution in [3.05, 3.63) is 35.4 Å². The van der Waals surface area contributed by atoms with Gasteiger partial charge in [-0.2, -0.15) is 0 Å². The van der Waals surface area contributed by atoms with Gasteiger partial charge in [0.05, 0.1) is 5.60 Å². The van der Waals surface area contributed by atoms with Gasteiger partial charge in [-0.1, -0.05) is 31.2 Å². The minimum atomic E-state index is -0.594. The van der Waals surface area contributed by atoms with E-state index in [1.165, 1.54) is 18.4 Å². The number of fused-ring (bicyclic) bond motifs is 2. The fourth-order valence-corrected chi connectivity index (χ4v) is 3.76. The first-order valence-corrected chi connectivity index (χ1v) is 7.16. The fourth-order valence-electron chi connectivity index (χ4n) is 3.76. The number of benzene rings is 1. The Labute approximate surface area is 110 Å². The van der Waals surface area contributed by atoms with Crippen molar-refractivity contribution in [1.29, 1.82) is 0 Å². The fraction of sp³-hybridized carbons (Fsp3) is 0.625. The van der Waals surface area contributed by atoms with Crippen LogP contribution in [0.2, 0.25) is 0 Å². The first-order valence-electron chi connectivity index (χ1n) is 7.16. The van der Waals surface area contributed by atoms with Crippen LogP contribution in [0.15, 0.2) is 24.3 Å². The number of hydrogen-bond acceptors (Lipinski definition) is 2. The van der Waals surface area contributed by atoms with Crippen LogP contribution in [-0.4, -0.2) is 29.1 Å². The summed E-state index contributed by atoms with van der Waals surface area (Å²) in [7, 11) is 2.21. The van der Waals surface area contributed by atoms with Crippen molar-refractivity contribution in [1.82, 2.24) is 4.90 Å². The smallest absolute Gasteiger partial charge is 0.0926 e. The molecule has 2 aliphatic heterocycles. The SMILES string of the molecule is CCc1cccc(C2(O)CC3CCC(C2)N3C)c1. The van der Waals surface area contributed by atoms with Gasteiger partial charge in [0.15, 0.2) is 0 Å². The lowest BCUT2D eigenvalue weighted by Gasteiger charge is -2.42. The quantitative estimate of drug-likeness (QED) is 0.866. The summed E-state index contributed by atoms with van der Waals surface area (Å²) in [5, 5.41) is 11.0. The molecule has 1 aromatic carbocycles. The summed E-state index contributed by atoms with van der Waals surface area (Å²) in [5.41, 5.74) is 1.86. The van der Waals surface area contributed by atoms with E-state index in [9.17, 15) is 5.11 Å². The summed E-state index contributed by atoms with van der Waals surface area (Å²) in [4.78, 5) is 2.47. The molecule has 2 unspecified atom stereocenters. The average molecular weight is 245 g/mol. The van der Waals surface area contributed by atoms with Crippen LogP contribution in [0.5, 0.6) is 0 Å². The zero-order valence-electron chi connectivity index (χ0n) is 11.4. The highest BCUT2D eigenvalue weighted by molar-refractivity contribution is 5.30. The molecule has 2 heteroatoms. The van der Waals surface area contributed by atoms with Crippen molar-refractivity contribution in [2.45, 2.75) is 56.7 Å². The second kappa shape index (κ2) is 4.36. The summed E-state index contributed by atoms with van der Waals surface area (Å²) < 4.78 is 0. The highest BCUT2D eigenvalue weighted by Gasteiger charge is 2.46. The van der Waals surface area contributed by atoms with E-state index < -0.39 is 5.60 Å². The van der Waals surface area contributed by atoms with Gasteiger partial charge in [-0.15, -0.1) is 0 Å². The summed E-state index contributed by atoms with van der Waals surface area (Å²) in [6, 6.07) is 9.68. The Morgan fingerprint density at radius 1 is 1.28 bits per heavy atom. The second-order valence-electron chi connectivity index (χ2n) is 6.04. The molecule has 2 atom stereocenters. The van der Waals surface area contributed by atoms with E-state index in [1.54, 1.807) is 0 Å².